The van der Waals surface area contributed by atoms with Crippen molar-refractivity contribution in [2.75, 3.05) is 19.6 Å². The molecule has 1 aromatic heterocycles. The Labute approximate surface area is 110 Å². The Morgan fingerprint density at radius 2 is 2.05 bits per heavy atom. The average Bonchev–Trinajstić information content (AvgIpc) is 2.42. The van der Waals surface area contributed by atoms with E-state index < -0.39 is 5.82 Å². The Bertz CT molecular complexity index is 588. The van der Waals surface area contributed by atoms with E-state index in [-0.39, 0.29) is 11.5 Å². The molecular formula is C13H15FN4O. The van der Waals surface area contributed by atoms with Crippen molar-refractivity contribution in [3.05, 3.63) is 35.9 Å². The van der Waals surface area contributed by atoms with Crippen LogP contribution in [0.5, 0.6) is 0 Å². The standard InChI is InChI=1S/C13H15FN4O/c1-2-15-3-4-18-13(19)10-7-9(14)8-11-12(10)17-6-5-16-11/h5-8,15H,2-4H2,1H3,(H,18,19). The predicted octanol–water partition coefficient (Wildman–Crippen LogP) is 1.11. The minimum atomic E-state index is -0.496. The molecule has 0 aliphatic rings. The molecule has 2 rings (SSSR count). The van der Waals surface area contributed by atoms with E-state index in [9.17, 15) is 9.18 Å². The van der Waals surface area contributed by atoms with Crippen LogP contribution >= 0.6 is 0 Å². The topological polar surface area (TPSA) is 66.9 Å². The zero-order valence-electron chi connectivity index (χ0n) is 10.6. The quantitative estimate of drug-likeness (QED) is 0.792. The van der Waals surface area contributed by atoms with Crippen LogP contribution < -0.4 is 10.6 Å². The van der Waals surface area contributed by atoms with E-state index in [4.69, 9.17) is 0 Å². The summed E-state index contributed by atoms with van der Waals surface area (Å²) in [5.41, 5.74) is 0.990. The van der Waals surface area contributed by atoms with Crippen LogP contribution in [0.25, 0.3) is 11.0 Å². The van der Waals surface area contributed by atoms with Gasteiger partial charge in [0.2, 0.25) is 0 Å². The van der Waals surface area contributed by atoms with Gasteiger partial charge in [0, 0.05) is 31.5 Å². The maximum absolute atomic E-state index is 13.4. The third-order valence-corrected chi connectivity index (χ3v) is 2.62. The van der Waals surface area contributed by atoms with Gasteiger partial charge >= 0.3 is 0 Å². The third-order valence-electron chi connectivity index (χ3n) is 2.62. The first-order valence-corrected chi connectivity index (χ1v) is 6.11. The Morgan fingerprint density at radius 1 is 1.26 bits per heavy atom. The number of nitrogens with one attached hydrogen (secondary N) is 2. The van der Waals surface area contributed by atoms with Crippen molar-refractivity contribution in [3.63, 3.8) is 0 Å². The highest BCUT2D eigenvalue weighted by Gasteiger charge is 2.13. The van der Waals surface area contributed by atoms with Gasteiger partial charge in [0.1, 0.15) is 11.3 Å². The minimum Gasteiger partial charge on any atom is -0.351 e. The summed E-state index contributed by atoms with van der Waals surface area (Å²) >= 11 is 0. The summed E-state index contributed by atoms with van der Waals surface area (Å²) in [4.78, 5) is 20.1. The number of amides is 1. The molecule has 0 saturated heterocycles. The second kappa shape index (κ2) is 6.19. The van der Waals surface area contributed by atoms with Crippen LogP contribution in [0.4, 0.5) is 4.39 Å². The van der Waals surface area contributed by atoms with Crippen molar-refractivity contribution < 1.29 is 9.18 Å². The number of hydrogen-bond acceptors (Lipinski definition) is 4. The van der Waals surface area contributed by atoms with Crippen molar-refractivity contribution >= 4 is 16.9 Å². The number of halogens is 1. The number of carbonyl (C=O) groups excluding carboxylic acids is 1. The van der Waals surface area contributed by atoms with Crippen molar-refractivity contribution in [1.29, 1.82) is 0 Å². The molecule has 0 spiro atoms. The predicted molar refractivity (Wildman–Crippen MR) is 70.4 cm³/mol. The van der Waals surface area contributed by atoms with Crippen LogP contribution in [0, 0.1) is 5.82 Å². The van der Waals surface area contributed by atoms with Gasteiger partial charge in [-0.05, 0) is 12.6 Å². The molecule has 0 aliphatic heterocycles. The molecule has 2 N–H and O–H groups in total. The second-order valence-corrected chi connectivity index (χ2v) is 3.99. The molecule has 100 valence electrons. The second-order valence-electron chi connectivity index (χ2n) is 3.99. The fraction of sp³-hybridized carbons (Fsp3) is 0.308. The van der Waals surface area contributed by atoms with Gasteiger partial charge in [-0.3, -0.25) is 14.8 Å². The normalized spacial score (nSPS) is 10.6. The molecule has 0 bridgehead atoms. The molecule has 6 heteroatoms. The first-order valence-electron chi connectivity index (χ1n) is 6.11. The molecule has 2 aromatic rings. The van der Waals surface area contributed by atoms with Crippen LogP contribution in [0.3, 0.4) is 0 Å². The van der Waals surface area contributed by atoms with Crippen molar-refractivity contribution in [3.8, 4) is 0 Å². The summed E-state index contributed by atoms with van der Waals surface area (Å²) in [6.45, 7) is 3.97. The zero-order valence-corrected chi connectivity index (χ0v) is 10.6. The highest BCUT2D eigenvalue weighted by atomic mass is 19.1. The minimum absolute atomic E-state index is 0.208. The van der Waals surface area contributed by atoms with E-state index in [1.54, 1.807) is 0 Å². The van der Waals surface area contributed by atoms with Crippen molar-refractivity contribution in [2.45, 2.75) is 6.92 Å². The molecule has 0 unspecified atom stereocenters. The molecule has 0 aliphatic carbocycles. The number of fused-ring (bicyclic) bond motifs is 1. The lowest BCUT2D eigenvalue weighted by molar-refractivity contribution is 0.0955. The lowest BCUT2D eigenvalue weighted by Gasteiger charge is -2.07. The zero-order chi connectivity index (χ0) is 13.7. The van der Waals surface area contributed by atoms with E-state index in [2.05, 4.69) is 20.6 Å². The molecule has 1 aromatic carbocycles. The summed E-state index contributed by atoms with van der Waals surface area (Å²) in [6.07, 6.45) is 2.95. The van der Waals surface area contributed by atoms with Crippen LogP contribution in [0.1, 0.15) is 17.3 Å². The van der Waals surface area contributed by atoms with Crippen LogP contribution in [0.15, 0.2) is 24.5 Å². The molecule has 0 fully saturated rings. The molecule has 5 nitrogen and oxygen atoms in total. The van der Waals surface area contributed by atoms with E-state index in [0.29, 0.717) is 24.1 Å². The monoisotopic (exact) mass is 262 g/mol. The Balaban J connectivity index is 2.21. The summed E-state index contributed by atoms with van der Waals surface area (Å²) in [6, 6.07) is 2.44. The highest BCUT2D eigenvalue weighted by Crippen LogP contribution is 2.16. The number of benzene rings is 1. The SMILES string of the molecule is CCNCCNC(=O)c1cc(F)cc2nccnc12. The van der Waals surface area contributed by atoms with E-state index in [1.165, 1.54) is 24.5 Å². The molecule has 0 radical (unpaired) electrons. The van der Waals surface area contributed by atoms with Gasteiger partial charge in [-0.1, -0.05) is 6.92 Å². The molecule has 1 heterocycles. The largest absolute Gasteiger partial charge is 0.351 e. The number of rotatable bonds is 5. The van der Waals surface area contributed by atoms with Crippen LogP contribution in [-0.2, 0) is 0 Å². The van der Waals surface area contributed by atoms with Gasteiger partial charge in [0.25, 0.3) is 5.91 Å². The lowest BCUT2D eigenvalue weighted by Crippen LogP contribution is -2.32. The summed E-state index contributed by atoms with van der Waals surface area (Å²) < 4.78 is 13.4. The summed E-state index contributed by atoms with van der Waals surface area (Å²) in [7, 11) is 0. The first-order chi connectivity index (χ1) is 9.22. The molecule has 1 amide bonds. The van der Waals surface area contributed by atoms with Gasteiger partial charge in [0.05, 0.1) is 11.1 Å². The number of carbonyl (C=O) groups is 1. The van der Waals surface area contributed by atoms with E-state index in [1.807, 2.05) is 6.92 Å². The first kappa shape index (κ1) is 13.4. The van der Waals surface area contributed by atoms with Gasteiger partial charge in [0.15, 0.2) is 0 Å². The van der Waals surface area contributed by atoms with E-state index in [0.717, 1.165) is 6.54 Å². The fourth-order valence-electron chi connectivity index (χ4n) is 1.75. The Morgan fingerprint density at radius 3 is 2.84 bits per heavy atom. The number of hydrogen-bond donors (Lipinski definition) is 2. The molecule has 19 heavy (non-hydrogen) atoms. The van der Waals surface area contributed by atoms with Crippen molar-refractivity contribution in [1.82, 2.24) is 20.6 Å². The Hall–Kier alpha value is -2.08. The Kier molecular flexibility index (Phi) is 4.35. The fourth-order valence-corrected chi connectivity index (χ4v) is 1.75. The lowest BCUT2D eigenvalue weighted by atomic mass is 10.1. The molecular weight excluding hydrogens is 247 g/mol. The van der Waals surface area contributed by atoms with Gasteiger partial charge < -0.3 is 10.6 Å². The third kappa shape index (κ3) is 3.23. The smallest absolute Gasteiger partial charge is 0.253 e. The number of nitrogens with zero attached hydrogens (tertiary/aromatic N) is 2. The van der Waals surface area contributed by atoms with Crippen LogP contribution in [0.2, 0.25) is 0 Å². The maximum Gasteiger partial charge on any atom is 0.253 e. The molecule has 0 atom stereocenters. The summed E-state index contributed by atoms with van der Waals surface area (Å²) in [5, 5.41) is 5.80. The van der Waals surface area contributed by atoms with Gasteiger partial charge in [-0.15, -0.1) is 0 Å². The van der Waals surface area contributed by atoms with Crippen LogP contribution in [-0.4, -0.2) is 35.5 Å². The van der Waals surface area contributed by atoms with E-state index >= 15 is 0 Å². The molecule has 0 saturated carbocycles. The average molecular weight is 262 g/mol. The van der Waals surface area contributed by atoms with Gasteiger partial charge in [-0.2, -0.15) is 0 Å². The summed E-state index contributed by atoms with van der Waals surface area (Å²) in [5.74, 6) is -0.840. The number of aromatic nitrogens is 2. The maximum atomic E-state index is 13.4. The highest BCUT2D eigenvalue weighted by molar-refractivity contribution is 6.04. The van der Waals surface area contributed by atoms with Crippen molar-refractivity contribution in [2.24, 2.45) is 0 Å². The number of likely N-dealkylation sites (N-methyl/N-ethyl adjacent to an activating group) is 1. The van der Waals surface area contributed by atoms with Gasteiger partial charge in [-0.25, -0.2) is 4.39 Å².